The third kappa shape index (κ3) is 3.56. The first-order valence-corrected chi connectivity index (χ1v) is 5.45. The Kier molecular flexibility index (Phi) is 4.69. The van der Waals surface area contributed by atoms with Crippen molar-refractivity contribution in [2.45, 2.75) is 19.3 Å². The van der Waals surface area contributed by atoms with E-state index in [2.05, 4.69) is 11.3 Å². The number of halogens is 4. The number of hydrogen-bond donors (Lipinski definition) is 0. The van der Waals surface area contributed by atoms with Crippen LogP contribution in [0.15, 0.2) is 36.4 Å². The summed E-state index contributed by atoms with van der Waals surface area (Å²) in [7, 11) is 0. The van der Waals surface area contributed by atoms with Crippen LogP contribution in [0.25, 0.3) is 0 Å². The number of hydrogen-bond acceptors (Lipinski definition) is 2. The highest BCUT2D eigenvalue weighted by Crippen LogP contribution is 2.37. The summed E-state index contributed by atoms with van der Waals surface area (Å²) in [4.78, 5) is 11.3. The number of esters is 1. The molecule has 0 amide bonds. The maximum absolute atomic E-state index is 14.0. The lowest BCUT2D eigenvalue weighted by Gasteiger charge is -2.16. The first-order chi connectivity index (χ1) is 8.79. The molecule has 1 unspecified atom stereocenters. The minimum Gasteiger partial charge on any atom is -0.463 e. The fraction of sp³-hybridized carbons (Fsp3) is 0.308. The van der Waals surface area contributed by atoms with Gasteiger partial charge in [0.15, 0.2) is 6.17 Å². The maximum Gasteiger partial charge on any atom is 0.416 e. The molecule has 0 spiro atoms. The highest BCUT2D eigenvalue weighted by molar-refractivity contribution is 5.89. The summed E-state index contributed by atoms with van der Waals surface area (Å²) in [5.74, 6) is -1.05. The van der Waals surface area contributed by atoms with Gasteiger partial charge in [-0.2, -0.15) is 13.2 Å². The smallest absolute Gasteiger partial charge is 0.416 e. The van der Waals surface area contributed by atoms with E-state index in [0.29, 0.717) is 0 Å². The number of ether oxygens (including phenoxy) is 1. The fourth-order valence-electron chi connectivity index (χ4n) is 1.49. The molecule has 2 nitrogen and oxygen atoms in total. The first kappa shape index (κ1) is 15.2. The first-order valence-electron chi connectivity index (χ1n) is 5.45. The molecule has 0 aliphatic rings. The van der Waals surface area contributed by atoms with Crippen LogP contribution in [0.3, 0.4) is 0 Å². The van der Waals surface area contributed by atoms with Gasteiger partial charge in [-0.1, -0.05) is 24.8 Å². The number of benzene rings is 1. The monoisotopic (exact) mass is 276 g/mol. The number of carbonyl (C=O) groups is 1. The second-order valence-corrected chi connectivity index (χ2v) is 3.69. The molecule has 1 aromatic carbocycles. The Morgan fingerprint density at radius 2 is 1.95 bits per heavy atom. The zero-order valence-electron chi connectivity index (χ0n) is 10.1. The van der Waals surface area contributed by atoms with Gasteiger partial charge < -0.3 is 4.74 Å². The molecule has 0 radical (unpaired) electrons. The quantitative estimate of drug-likeness (QED) is 0.474. The van der Waals surface area contributed by atoms with Crippen LogP contribution in [0.1, 0.15) is 24.2 Å². The molecule has 19 heavy (non-hydrogen) atoms. The average Bonchev–Trinajstić information content (AvgIpc) is 2.36. The molecule has 1 rings (SSSR count). The van der Waals surface area contributed by atoms with Crippen molar-refractivity contribution in [1.82, 2.24) is 0 Å². The van der Waals surface area contributed by atoms with E-state index < -0.39 is 35.0 Å². The van der Waals surface area contributed by atoms with Gasteiger partial charge in [-0.15, -0.1) is 0 Å². The fourth-order valence-corrected chi connectivity index (χ4v) is 1.49. The van der Waals surface area contributed by atoms with E-state index in [-0.39, 0.29) is 6.61 Å². The van der Waals surface area contributed by atoms with Crippen molar-refractivity contribution in [2.24, 2.45) is 0 Å². The highest BCUT2D eigenvalue weighted by Gasteiger charge is 2.36. The molecule has 1 aromatic rings. The van der Waals surface area contributed by atoms with Crippen LogP contribution < -0.4 is 0 Å². The molecule has 0 bridgehead atoms. The molecule has 0 aliphatic carbocycles. The predicted molar refractivity (Wildman–Crippen MR) is 61.1 cm³/mol. The number of carbonyl (C=O) groups excluding carboxylic acids is 1. The lowest BCUT2D eigenvalue weighted by atomic mass is 9.98. The van der Waals surface area contributed by atoms with Gasteiger partial charge in [-0.25, -0.2) is 9.18 Å². The minimum absolute atomic E-state index is 0.00844. The van der Waals surface area contributed by atoms with E-state index in [0.717, 1.165) is 18.2 Å². The maximum atomic E-state index is 14.0. The second-order valence-electron chi connectivity index (χ2n) is 3.69. The molecule has 0 saturated heterocycles. The van der Waals surface area contributed by atoms with Crippen LogP contribution in [-0.2, 0) is 15.7 Å². The Balaban J connectivity index is 3.10. The largest absolute Gasteiger partial charge is 0.463 e. The highest BCUT2D eigenvalue weighted by atomic mass is 19.4. The molecule has 0 N–H and O–H groups in total. The molecule has 0 fully saturated rings. The van der Waals surface area contributed by atoms with Crippen molar-refractivity contribution >= 4 is 5.97 Å². The Morgan fingerprint density at radius 1 is 1.37 bits per heavy atom. The van der Waals surface area contributed by atoms with Gasteiger partial charge in [0, 0.05) is 5.56 Å². The molecule has 0 aromatic heterocycles. The van der Waals surface area contributed by atoms with E-state index in [1.807, 2.05) is 0 Å². The molecule has 0 aliphatic heterocycles. The third-order valence-corrected chi connectivity index (χ3v) is 2.38. The summed E-state index contributed by atoms with van der Waals surface area (Å²) in [6.07, 6.45) is -6.95. The summed E-state index contributed by atoms with van der Waals surface area (Å²) in [5.41, 5.74) is -2.43. The zero-order valence-corrected chi connectivity index (χ0v) is 10.1. The van der Waals surface area contributed by atoms with Crippen LogP contribution in [0, 0.1) is 0 Å². The van der Waals surface area contributed by atoms with Gasteiger partial charge in [0.25, 0.3) is 0 Å². The Bertz CT molecular complexity index is 480. The molecule has 0 saturated carbocycles. The minimum atomic E-state index is -4.70. The normalized spacial score (nSPS) is 12.9. The van der Waals surface area contributed by atoms with Crippen LogP contribution in [0.4, 0.5) is 17.6 Å². The molecular formula is C13H12F4O2. The SMILES string of the molecule is C=C(C(=O)OCC)C(F)c1ccccc1C(F)(F)F. The van der Waals surface area contributed by atoms with Crippen LogP contribution in [-0.4, -0.2) is 12.6 Å². The Labute approximate surface area is 107 Å². The van der Waals surface area contributed by atoms with E-state index in [9.17, 15) is 22.4 Å². The average molecular weight is 276 g/mol. The van der Waals surface area contributed by atoms with Crippen LogP contribution >= 0.6 is 0 Å². The van der Waals surface area contributed by atoms with Crippen molar-refractivity contribution in [3.63, 3.8) is 0 Å². The van der Waals surface area contributed by atoms with Crippen molar-refractivity contribution < 1.29 is 27.1 Å². The third-order valence-electron chi connectivity index (χ3n) is 2.38. The summed E-state index contributed by atoms with van der Waals surface area (Å²) in [6, 6.07) is 4.13. The topological polar surface area (TPSA) is 26.3 Å². The van der Waals surface area contributed by atoms with Gasteiger partial charge in [0.2, 0.25) is 0 Å². The lowest BCUT2D eigenvalue weighted by molar-refractivity contribution is -0.141. The van der Waals surface area contributed by atoms with Crippen molar-refractivity contribution in [2.75, 3.05) is 6.61 Å². The van der Waals surface area contributed by atoms with E-state index in [1.54, 1.807) is 0 Å². The number of alkyl halides is 4. The Morgan fingerprint density at radius 3 is 2.47 bits per heavy atom. The van der Waals surface area contributed by atoms with Crippen molar-refractivity contribution in [3.05, 3.63) is 47.5 Å². The van der Waals surface area contributed by atoms with E-state index in [4.69, 9.17) is 0 Å². The summed E-state index contributed by atoms with van der Waals surface area (Å²) in [6.45, 7) is 4.65. The summed E-state index contributed by atoms with van der Waals surface area (Å²) < 4.78 is 56.6. The lowest BCUT2D eigenvalue weighted by Crippen LogP contribution is -2.15. The van der Waals surface area contributed by atoms with E-state index in [1.165, 1.54) is 13.0 Å². The Hall–Kier alpha value is -1.85. The summed E-state index contributed by atoms with van der Waals surface area (Å²) in [5, 5.41) is 0. The predicted octanol–water partition coefficient (Wildman–Crippen LogP) is 3.84. The molecule has 0 heterocycles. The zero-order chi connectivity index (χ0) is 14.6. The van der Waals surface area contributed by atoms with Gasteiger partial charge in [0.05, 0.1) is 17.7 Å². The van der Waals surface area contributed by atoms with Gasteiger partial charge in [0.1, 0.15) is 0 Å². The molecular weight excluding hydrogens is 264 g/mol. The van der Waals surface area contributed by atoms with Crippen molar-refractivity contribution in [3.8, 4) is 0 Å². The molecule has 104 valence electrons. The molecule has 6 heteroatoms. The summed E-state index contributed by atoms with van der Waals surface area (Å²) >= 11 is 0. The second kappa shape index (κ2) is 5.86. The molecule has 1 atom stereocenters. The van der Waals surface area contributed by atoms with Crippen LogP contribution in [0.5, 0.6) is 0 Å². The standard InChI is InChI=1S/C13H12F4O2/c1-3-19-12(18)8(2)11(14)9-6-4-5-7-10(9)13(15,16)17/h4-7,11H,2-3H2,1H3. The van der Waals surface area contributed by atoms with Gasteiger partial charge in [-0.3, -0.25) is 0 Å². The van der Waals surface area contributed by atoms with Crippen molar-refractivity contribution in [1.29, 1.82) is 0 Å². The van der Waals surface area contributed by atoms with Gasteiger partial charge in [-0.05, 0) is 13.0 Å². The van der Waals surface area contributed by atoms with E-state index >= 15 is 0 Å². The van der Waals surface area contributed by atoms with Crippen LogP contribution in [0.2, 0.25) is 0 Å². The van der Waals surface area contributed by atoms with Gasteiger partial charge >= 0.3 is 12.1 Å². The number of rotatable bonds is 4.